The van der Waals surface area contributed by atoms with Crippen LogP contribution in [0.1, 0.15) is 11.7 Å². The van der Waals surface area contributed by atoms with Crippen molar-refractivity contribution in [3.8, 4) is 17.2 Å². The molecule has 4 nitrogen and oxygen atoms in total. The molecule has 100 valence electrons. The molecule has 2 aromatic carbocycles. The summed E-state index contributed by atoms with van der Waals surface area (Å²) in [5, 5.41) is 19.5. The SMILES string of the molecule is COc1ccc(C(O)COc2ccccc2O)cc1. The maximum atomic E-state index is 9.99. The molecule has 2 rings (SSSR count). The number of phenolic OH excluding ortho intramolecular Hbond substituents is 1. The van der Waals surface area contributed by atoms with Crippen molar-refractivity contribution in [1.82, 2.24) is 0 Å². The van der Waals surface area contributed by atoms with Gasteiger partial charge in [-0.25, -0.2) is 0 Å². The minimum absolute atomic E-state index is 0.0597. The molecule has 0 aliphatic heterocycles. The number of para-hydroxylation sites is 2. The predicted octanol–water partition coefficient (Wildman–Crippen LogP) is 2.51. The van der Waals surface area contributed by atoms with Crippen LogP contribution in [0.25, 0.3) is 0 Å². The number of rotatable bonds is 5. The van der Waals surface area contributed by atoms with E-state index in [4.69, 9.17) is 9.47 Å². The van der Waals surface area contributed by atoms with Gasteiger partial charge in [-0.1, -0.05) is 24.3 Å². The van der Waals surface area contributed by atoms with Crippen LogP contribution in [0.4, 0.5) is 0 Å². The Kier molecular flexibility index (Phi) is 4.26. The normalized spacial score (nSPS) is 11.9. The number of aliphatic hydroxyl groups is 1. The molecule has 1 unspecified atom stereocenters. The monoisotopic (exact) mass is 260 g/mol. The highest BCUT2D eigenvalue weighted by Crippen LogP contribution is 2.26. The average Bonchev–Trinajstić information content (AvgIpc) is 2.46. The molecular weight excluding hydrogens is 244 g/mol. The first-order valence-corrected chi connectivity index (χ1v) is 5.93. The molecule has 0 heterocycles. The molecule has 2 N–H and O–H groups in total. The Labute approximate surface area is 111 Å². The van der Waals surface area contributed by atoms with Crippen LogP contribution in [-0.2, 0) is 0 Å². The van der Waals surface area contributed by atoms with Crippen LogP contribution in [0.15, 0.2) is 48.5 Å². The number of aliphatic hydroxyl groups excluding tert-OH is 1. The Bertz CT molecular complexity index is 522. The number of benzene rings is 2. The number of methoxy groups -OCH3 is 1. The first-order valence-electron chi connectivity index (χ1n) is 5.93. The number of phenols is 1. The molecule has 0 aliphatic carbocycles. The van der Waals surface area contributed by atoms with Crippen molar-refractivity contribution in [2.24, 2.45) is 0 Å². The zero-order valence-corrected chi connectivity index (χ0v) is 10.6. The van der Waals surface area contributed by atoms with Crippen LogP contribution in [-0.4, -0.2) is 23.9 Å². The second-order valence-electron chi connectivity index (χ2n) is 4.07. The zero-order valence-electron chi connectivity index (χ0n) is 10.6. The highest BCUT2D eigenvalue weighted by Gasteiger charge is 2.10. The quantitative estimate of drug-likeness (QED) is 0.867. The third-order valence-electron chi connectivity index (χ3n) is 2.76. The Hall–Kier alpha value is -2.20. The van der Waals surface area contributed by atoms with Gasteiger partial charge in [0.05, 0.1) is 7.11 Å². The highest BCUT2D eigenvalue weighted by molar-refractivity contribution is 5.38. The third-order valence-corrected chi connectivity index (χ3v) is 2.76. The lowest BCUT2D eigenvalue weighted by atomic mass is 10.1. The summed E-state index contributed by atoms with van der Waals surface area (Å²) in [6.07, 6.45) is -0.759. The molecule has 0 bridgehead atoms. The molecule has 4 heteroatoms. The van der Waals surface area contributed by atoms with E-state index in [1.165, 1.54) is 6.07 Å². The van der Waals surface area contributed by atoms with Crippen LogP contribution < -0.4 is 9.47 Å². The molecule has 2 aromatic rings. The van der Waals surface area contributed by atoms with Crippen molar-refractivity contribution in [2.45, 2.75) is 6.10 Å². The summed E-state index contributed by atoms with van der Waals surface area (Å²) in [4.78, 5) is 0. The standard InChI is InChI=1S/C15H16O4/c1-18-12-8-6-11(7-9-12)14(17)10-19-15-5-3-2-4-13(15)16/h2-9,14,16-17H,10H2,1H3. The summed E-state index contributed by atoms with van der Waals surface area (Å²) in [6.45, 7) is 0.0733. The summed E-state index contributed by atoms with van der Waals surface area (Å²) in [7, 11) is 1.59. The van der Waals surface area contributed by atoms with E-state index in [1.54, 1.807) is 49.6 Å². The van der Waals surface area contributed by atoms with Gasteiger partial charge in [-0.15, -0.1) is 0 Å². The van der Waals surface area contributed by atoms with Crippen molar-refractivity contribution < 1.29 is 19.7 Å². The molecule has 0 spiro atoms. The molecule has 1 atom stereocenters. The van der Waals surface area contributed by atoms with E-state index in [1.807, 2.05) is 0 Å². The number of aromatic hydroxyl groups is 1. The van der Waals surface area contributed by atoms with Gasteiger partial charge in [-0.05, 0) is 29.8 Å². The van der Waals surface area contributed by atoms with Gasteiger partial charge in [0, 0.05) is 0 Å². The lowest BCUT2D eigenvalue weighted by molar-refractivity contribution is 0.106. The number of hydrogen-bond acceptors (Lipinski definition) is 4. The summed E-state index contributed by atoms with van der Waals surface area (Å²) in [6, 6.07) is 13.8. The van der Waals surface area contributed by atoms with E-state index in [9.17, 15) is 10.2 Å². The van der Waals surface area contributed by atoms with Gasteiger partial charge in [0.2, 0.25) is 0 Å². The Morgan fingerprint density at radius 3 is 2.37 bits per heavy atom. The summed E-state index contributed by atoms with van der Waals surface area (Å²) < 4.78 is 10.4. The van der Waals surface area contributed by atoms with Crippen LogP contribution in [0.3, 0.4) is 0 Å². The average molecular weight is 260 g/mol. The molecule has 0 radical (unpaired) electrons. The molecule has 0 aliphatic rings. The first kappa shape index (κ1) is 13.2. The summed E-state index contributed by atoms with van der Waals surface area (Å²) >= 11 is 0. The van der Waals surface area contributed by atoms with E-state index >= 15 is 0 Å². The molecule has 0 aromatic heterocycles. The van der Waals surface area contributed by atoms with Crippen molar-refractivity contribution in [1.29, 1.82) is 0 Å². The van der Waals surface area contributed by atoms with Gasteiger partial charge in [-0.3, -0.25) is 0 Å². The summed E-state index contributed by atoms with van der Waals surface area (Å²) in [5.41, 5.74) is 0.733. The van der Waals surface area contributed by atoms with Gasteiger partial charge in [0.15, 0.2) is 11.5 Å². The van der Waals surface area contributed by atoms with Crippen molar-refractivity contribution in [3.63, 3.8) is 0 Å². The van der Waals surface area contributed by atoms with Crippen molar-refractivity contribution in [3.05, 3.63) is 54.1 Å². The Morgan fingerprint density at radius 2 is 1.74 bits per heavy atom. The van der Waals surface area contributed by atoms with Crippen LogP contribution >= 0.6 is 0 Å². The van der Waals surface area contributed by atoms with E-state index in [2.05, 4.69) is 0 Å². The van der Waals surface area contributed by atoms with E-state index < -0.39 is 6.10 Å². The molecule has 0 saturated heterocycles. The molecule has 19 heavy (non-hydrogen) atoms. The van der Waals surface area contributed by atoms with Gasteiger partial charge in [-0.2, -0.15) is 0 Å². The fraction of sp³-hybridized carbons (Fsp3) is 0.200. The van der Waals surface area contributed by atoms with Crippen LogP contribution in [0.2, 0.25) is 0 Å². The fourth-order valence-corrected chi connectivity index (χ4v) is 1.67. The van der Waals surface area contributed by atoms with Crippen molar-refractivity contribution in [2.75, 3.05) is 13.7 Å². The predicted molar refractivity (Wildman–Crippen MR) is 71.6 cm³/mol. The smallest absolute Gasteiger partial charge is 0.161 e. The number of ether oxygens (including phenoxy) is 2. The maximum Gasteiger partial charge on any atom is 0.161 e. The first-order chi connectivity index (χ1) is 9.20. The fourth-order valence-electron chi connectivity index (χ4n) is 1.67. The molecule has 0 saturated carbocycles. The van der Waals surface area contributed by atoms with E-state index in [0.717, 1.165) is 11.3 Å². The highest BCUT2D eigenvalue weighted by atomic mass is 16.5. The van der Waals surface area contributed by atoms with Crippen LogP contribution in [0, 0.1) is 0 Å². The lowest BCUT2D eigenvalue weighted by Gasteiger charge is -2.13. The third kappa shape index (κ3) is 3.39. The molecular formula is C15H16O4. The summed E-state index contributed by atoms with van der Waals surface area (Å²) in [5.74, 6) is 1.15. The van der Waals surface area contributed by atoms with Crippen molar-refractivity contribution >= 4 is 0 Å². The van der Waals surface area contributed by atoms with Gasteiger partial charge in [0.25, 0.3) is 0 Å². The largest absolute Gasteiger partial charge is 0.504 e. The van der Waals surface area contributed by atoms with Gasteiger partial charge >= 0.3 is 0 Å². The number of hydrogen-bond donors (Lipinski definition) is 2. The minimum atomic E-state index is -0.759. The maximum absolute atomic E-state index is 9.99. The lowest BCUT2D eigenvalue weighted by Crippen LogP contribution is -2.09. The van der Waals surface area contributed by atoms with E-state index in [0.29, 0.717) is 5.75 Å². The molecule has 0 fully saturated rings. The van der Waals surface area contributed by atoms with E-state index in [-0.39, 0.29) is 12.4 Å². The Morgan fingerprint density at radius 1 is 1.05 bits per heavy atom. The van der Waals surface area contributed by atoms with Gasteiger partial charge in [0.1, 0.15) is 18.5 Å². The second-order valence-corrected chi connectivity index (χ2v) is 4.07. The minimum Gasteiger partial charge on any atom is -0.504 e. The Balaban J connectivity index is 1.97. The van der Waals surface area contributed by atoms with Gasteiger partial charge < -0.3 is 19.7 Å². The van der Waals surface area contributed by atoms with Crippen LogP contribution in [0.5, 0.6) is 17.2 Å². The topological polar surface area (TPSA) is 58.9 Å². The second kappa shape index (κ2) is 6.11. The zero-order chi connectivity index (χ0) is 13.7. The molecule has 0 amide bonds.